The summed E-state index contributed by atoms with van der Waals surface area (Å²) in [7, 11) is 0. The number of aromatic carboxylic acids is 1. The number of nitrogens with one attached hydrogen (secondary N) is 1. The number of halogens is 2. The van der Waals surface area contributed by atoms with Crippen LogP contribution in [0.3, 0.4) is 0 Å². The number of amides is 1. The molecule has 0 aliphatic heterocycles. The van der Waals surface area contributed by atoms with E-state index in [-0.39, 0.29) is 51.0 Å². The lowest BCUT2D eigenvalue weighted by Crippen LogP contribution is -2.27. The Hall–Kier alpha value is -7.82. The quantitative estimate of drug-likeness (QED) is 0.102. The van der Waals surface area contributed by atoms with Crippen LogP contribution >= 0.6 is 23.2 Å². The molecule has 0 spiro atoms. The minimum Gasteiger partial charge on any atom is -0.477 e. The molecule has 4 N–H and O–H groups in total. The van der Waals surface area contributed by atoms with E-state index in [1.807, 2.05) is 58.9 Å². The molecule has 0 aliphatic rings. The number of carbonyl (C=O) groups excluding carboxylic acids is 3. The molecule has 356 valence electrons. The molecule has 0 unspecified atom stereocenters. The first-order valence-electron chi connectivity index (χ1n) is 21.1. The van der Waals surface area contributed by atoms with Crippen LogP contribution in [0, 0.1) is 22.7 Å². The normalized spacial score (nSPS) is 11.6. The molecule has 0 aliphatic carbocycles. The molecule has 17 heteroatoms. The molecule has 2 heterocycles. The van der Waals surface area contributed by atoms with Gasteiger partial charge in [0.25, 0.3) is 5.91 Å². The predicted molar refractivity (Wildman–Crippen MR) is 260 cm³/mol. The third kappa shape index (κ3) is 17.4. The van der Waals surface area contributed by atoms with Crippen molar-refractivity contribution in [2.45, 2.75) is 78.7 Å². The molecule has 2 aromatic heterocycles. The van der Waals surface area contributed by atoms with Crippen LogP contribution in [0.5, 0.6) is 23.3 Å². The van der Waals surface area contributed by atoms with Gasteiger partial charge in [0.1, 0.15) is 33.8 Å². The average molecular weight is 974 g/mol. The fourth-order valence-electron chi connectivity index (χ4n) is 5.68. The Morgan fingerprint density at radius 1 is 0.638 bits per heavy atom. The maximum absolute atomic E-state index is 13.0. The van der Waals surface area contributed by atoms with Crippen molar-refractivity contribution in [2.75, 3.05) is 0 Å². The minimum atomic E-state index is -1.19. The number of nitrogens with two attached hydrogens (primary N) is 1. The molecule has 0 bridgehead atoms. The third-order valence-electron chi connectivity index (χ3n) is 8.93. The number of carbonyl (C=O) groups is 4. The van der Waals surface area contributed by atoms with Crippen LogP contribution in [0.2, 0.25) is 10.0 Å². The zero-order valence-electron chi connectivity index (χ0n) is 39.0. The number of esters is 2. The van der Waals surface area contributed by atoms with Crippen molar-refractivity contribution in [3.63, 3.8) is 0 Å². The maximum atomic E-state index is 13.0. The smallest absolute Gasteiger partial charge is 0.341 e. The molecule has 15 nitrogen and oxygen atoms in total. The number of ether oxygens (including phenoxy) is 4. The molecule has 1 amide bonds. The zero-order chi connectivity index (χ0) is 51.1. The van der Waals surface area contributed by atoms with Crippen molar-refractivity contribution < 1.29 is 43.2 Å². The summed E-state index contributed by atoms with van der Waals surface area (Å²) in [6.07, 6.45) is 2.66. The molecular formula is C52H50Cl2N6O9. The number of nitrogens with zero attached hydrogens (tertiary/aromatic N) is 4. The first-order chi connectivity index (χ1) is 32.4. The third-order valence-corrected chi connectivity index (χ3v) is 9.34. The summed E-state index contributed by atoms with van der Waals surface area (Å²) in [5, 5.41) is 30.3. The summed E-state index contributed by atoms with van der Waals surface area (Å²) in [6, 6.07) is 33.2. The summed E-state index contributed by atoms with van der Waals surface area (Å²) in [5.74, 6) is -1.67. The second-order valence-corrected chi connectivity index (χ2v) is 17.9. The maximum Gasteiger partial charge on any atom is 0.341 e. The van der Waals surface area contributed by atoms with Gasteiger partial charge in [0.15, 0.2) is 0 Å². The van der Waals surface area contributed by atoms with Crippen molar-refractivity contribution in [2.24, 2.45) is 5.73 Å². The van der Waals surface area contributed by atoms with Gasteiger partial charge in [-0.15, -0.1) is 0 Å². The van der Waals surface area contributed by atoms with E-state index in [4.69, 9.17) is 63.5 Å². The van der Waals surface area contributed by atoms with Crippen molar-refractivity contribution in [3.8, 4) is 35.4 Å². The monoisotopic (exact) mass is 972 g/mol. The second-order valence-electron chi connectivity index (χ2n) is 17.0. The van der Waals surface area contributed by atoms with Crippen LogP contribution in [0.15, 0.2) is 122 Å². The summed E-state index contributed by atoms with van der Waals surface area (Å²) in [6.45, 7) is 14.7. The number of benzene rings is 4. The van der Waals surface area contributed by atoms with E-state index >= 15 is 0 Å². The fourth-order valence-corrected chi connectivity index (χ4v) is 5.99. The molecule has 0 radical (unpaired) electrons. The molecule has 2 atom stereocenters. The van der Waals surface area contributed by atoms with E-state index in [1.54, 1.807) is 99.6 Å². The molecule has 69 heavy (non-hydrogen) atoms. The summed E-state index contributed by atoms with van der Waals surface area (Å²) in [4.78, 5) is 56.0. The van der Waals surface area contributed by atoms with Crippen molar-refractivity contribution in [1.29, 1.82) is 10.5 Å². The van der Waals surface area contributed by atoms with E-state index in [0.717, 1.165) is 11.1 Å². The molecule has 0 fully saturated rings. The average Bonchev–Trinajstić information content (AvgIpc) is 3.29. The Bertz CT molecular complexity index is 2860. The largest absolute Gasteiger partial charge is 0.477 e. The number of hydrogen-bond acceptors (Lipinski definition) is 13. The second kappa shape index (κ2) is 24.3. The molecule has 4 aromatic carbocycles. The van der Waals surface area contributed by atoms with Gasteiger partial charge in [-0.25, -0.2) is 24.4 Å². The van der Waals surface area contributed by atoms with Crippen LogP contribution in [0.25, 0.3) is 0 Å². The van der Waals surface area contributed by atoms with Crippen LogP contribution in [0.4, 0.5) is 0 Å². The van der Waals surface area contributed by atoms with E-state index in [1.165, 1.54) is 30.6 Å². The summed E-state index contributed by atoms with van der Waals surface area (Å²) >= 11 is 11.8. The van der Waals surface area contributed by atoms with Crippen LogP contribution in [-0.4, -0.2) is 50.1 Å². The minimum absolute atomic E-state index is 0.0207. The fraction of sp³-hybridized carbons (Fsp3) is 0.231. The van der Waals surface area contributed by atoms with Crippen LogP contribution < -0.4 is 20.5 Å². The topological polar surface area (TPSA) is 237 Å². The summed E-state index contributed by atoms with van der Waals surface area (Å²) < 4.78 is 21.8. The zero-order valence-corrected chi connectivity index (χ0v) is 40.5. The Balaban J connectivity index is 0.000000249. The standard InChI is InChI=1S/C26H24ClN3O4.C13H7ClN2O3.C13H19NO2/c1-16(18-8-10-19(11-9-18)25(32)34-26(2,3)4)30-23(31)22-13-20(27)15-29-24(22)33-21-7-5-6-17(12-21)14-28;14-9-5-11(13(17)18)12(16-7-9)19-10-3-1-2-8(4-10)6-15;1-9(14)10-5-7-11(8-6-10)12(15)16-13(2,3)4/h5-13,15-16H,1-4H3,(H,30,31);1-5,7H,(H,17,18);5-9H,14H2,1-4H3/t16-;;9-/m0.0/s1. The molecular weight excluding hydrogens is 924 g/mol. The van der Waals surface area contributed by atoms with E-state index in [2.05, 4.69) is 15.3 Å². The van der Waals surface area contributed by atoms with Crippen LogP contribution in [-0.2, 0) is 9.47 Å². The van der Waals surface area contributed by atoms with Gasteiger partial charge in [-0.3, -0.25) is 4.79 Å². The van der Waals surface area contributed by atoms with Gasteiger partial charge >= 0.3 is 17.9 Å². The first-order valence-corrected chi connectivity index (χ1v) is 21.8. The Labute approximate surface area is 410 Å². The van der Waals surface area contributed by atoms with E-state index in [0.29, 0.717) is 33.8 Å². The van der Waals surface area contributed by atoms with Gasteiger partial charge in [0.05, 0.1) is 50.5 Å². The van der Waals surface area contributed by atoms with Gasteiger partial charge in [-0.1, -0.05) is 59.6 Å². The molecule has 0 saturated heterocycles. The molecule has 0 saturated carbocycles. The van der Waals surface area contributed by atoms with Gasteiger partial charge in [0, 0.05) is 18.4 Å². The SMILES string of the molecule is C[C@H](N)c1ccc(C(=O)OC(C)(C)C)cc1.C[C@H](NC(=O)c1cc(Cl)cnc1Oc1cccc(C#N)c1)c1ccc(C(=O)OC(C)(C)C)cc1.N#Cc1cccc(Oc2ncc(Cl)cc2C(=O)O)c1. The van der Waals surface area contributed by atoms with Crippen molar-refractivity contribution >= 4 is 47.0 Å². The lowest BCUT2D eigenvalue weighted by atomic mass is 10.1. The molecule has 6 aromatic rings. The Morgan fingerprint density at radius 3 is 1.43 bits per heavy atom. The van der Waals surface area contributed by atoms with Gasteiger partial charge in [-0.2, -0.15) is 10.5 Å². The number of hydrogen-bond donors (Lipinski definition) is 3. The highest BCUT2D eigenvalue weighted by Crippen LogP contribution is 2.28. The number of nitriles is 2. The highest BCUT2D eigenvalue weighted by Gasteiger charge is 2.22. The molecule has 6 rings (SSSR count). The summed E-state index contributed by atoms with van der Waals surface area (Å²) in [5.41, 5.74) is 8.28. The van der Waals surface area contributed by atoms with Crippen molar-refractivity contribution in [3.05, 3.63) is 176 Å². The Morgan fingerprint density at radius 2 is 1.04 bits per heavy atom. The number of rotatable bonds is 11. The lowest BCUT2D eigenvalue weighted by molar-refractivity contribution is 0.00570. The Kier molecular flexibility index (Phi) is 18.9. The van der Waals surface area contributed by atoms with Gasteiger partial charge in [0.2, 0.25) is 11.8 Å². The highest BCUT2D eigenvalue weighted by molar-refractivity contribution is 6.31. The van der Waals surface area contributed by atoms with Crippen molar-refractivity contribution in [1.82, 2.24) is 15.3 Å². The van der Waals surface area contributed by atoms with Crippen LogP contribution in [0.1, 0.15) is 131 Å². The van der Waals surface area contributed by atoms with Gasteiger partial charge in [-0.05, 0) is 139 Å². The lowest BCUT2D eigenvalue weighted by Gasteiger charge is -2.20. The first kappa shape index (κ1) is 53.8. The number of aromatic nitrogens is 2. The number of carboxylic acids is 1. The predicted octanol–water partition coefficient (Wildman–Crippen LogP) is 11.6. The van der Waals surface area contributed by atoms with E-state index in [9.17, 15) is 19.2 Å². The highest BCUT2D eigenvalue weighted by atomic mass is 35.5. The number of pyridine rings is 2. The van der Waals surface area contributed by atoms with Gasteiger partial charge < -0.3 is 35.1 Å². The van der Waals surface area contributed by atoms with E-state index < -0.39 is 29.0 Å². The number of carboxylic acid groups (broad SMARTS) is 1.